The number of aryl methyl sites for hydroxylation is 1. The van der Waals surface area contributed by atoms with E-state index in [9.17, 15) is 4.91 Å². The summed E-state index contributed by atoms with van der Waals surface area (Å²) in [5, 5.41) is 3.12. The molecule has 0 bridgehead atoms. The summed E-state index contributed by atoms with van der Waals surface area (Å²) in [6.07, 6.45) is 4.23. The Bertz CT molecular complexity index is 1220. The normalized spacial score (nSPS) is 20.3. The van der Waals surface area contributed by atoms with Gasteiger partial charge in [-0.25, -0.2) is 0 Å². The molecule has 0 aromatic heterocycles. The number of halogens is 1. The zero-order chi connectivity index (χ0) is 21.8. The van der Waals surface area contributed by atoms with Crippen LogP contribution in [0.3, 0.4) is 0 Å². The van der Waals surface area contributed by atoms with Gasteiger partial charge in [-0.3, -0.25) is 0 Å². The van der Waals surface area contributed by atoms with Gasteiger partial charge in [0.05, 0.1) is 5.41 Å². The predicted octanol–water partition coefficient (Wildman–Crippen LogP) is 7.10. The summed E-state index contributed by atoms with van der Waals surface area (Å²) < 4.78 is 8.13. The van der Waals surface area contributed by atoms with E-state index in [1.165, 1.54) is 20.4 Å². The van der Waals surface area contributed by atoms with Crippen molar-refractivity contribution in [2.75, 3.05) is 4.90 Å². The molecule has 2 aliphatic heterocycles. The molecule has 0 amide bonds. The molecule has 2 aliphatic rings. The first kappa shape index (κ1) is 20.2. The molecule has 3 aromatic rings. The maximum absolute atomic E-state index is 11.1. The fourth-order valence-corrected chi connectivity index (χ4v) is 5.25. The molecule has 0 radical (unpaired) electrons. The minimum Gasteiger partial charge on any atom is -0.462 e. The lowest BCUT2D eigenvalue weighted by atomic mass is 9.76. The minimum absolute atomic E-state index is 0.297. The second-order valence-electron chi connectivity index (χ2n) is 8.76. The minimum atomic E-state index is -0.687. The smallest absolute Gasteiger partial charge is 0.212 e. The van der Waals surface area contributed by atoms with Gasteiger partial charge in [0, 0.05) is 21.4 Å². The van der Waals surface area contributed by atoms with E-state index in [0.29, 0.717) is 5.69 Å². The lowest BCUT2D eigenvalue weighted by Gasteiger charge is -2.47. The second-order valence-corrected chi connectivity index (χ2v) is 10.0. The molecule has 0 saturated heterocycles. The Hall–Kier alpha value is -2.67. The summed E-state index contributed by atoms with van der Waals surface area (Å²) >= 11 is 2.33. The maximum atomic E-state index is 11.1. The molecule has 5 rings (SSSR count). The summed E-state index contributed by atoms with van der Waals surface area (Å²) in [6.45, 7) is 7.18. The topological polar surface area (TPSA) is 41.9 Å². The van der Waals surface area contributed by atoms with E-state index in [-0.39, 0.29) is 5.41 Å². The van der Waals surface area contributed by atoms with Gasteiger partial charge in [-0.2, -0.15) is 0 Å². The molecule has 1 spiro atoms. The van der Waals surface area contributed by atoms with Crippen LogP contribution in [0, 0.1) is 15.4 Å². The number of nitrogens with zero attached hydrogens (tertiary/aromatic N) is 2. The maximum Gasteiger partial charge on any atom is 0.212 e. The summed E-state index contributed by atoms with van der Waals surface area (Å²) in [5.74, 6) is 0.809. The van der Waals surface area contributed by atoms with Crippen LogP contribution in [0.1, 0.15) is 36.1 Å². The van der Waals surface area contributed by atoms with E-state index in [0.717, 1.165) is 23.4 Å². The quantitative estimate of drug-likeness (QED) is 0.272. The highest BCUT2D eigenvalue weighted by Crippen LogP contribution is 2.56. The Morgan fingerprint density at radius 3 is 2.55 bits per heavy atom. The van der Waals surface area contributed by atoms with Gasteiger partial charge < -0.3 is 9.64 Å². The predicted molar refractivity (Wildman–Crippen MR) is 134 cm³/mol. The number of nitroso groups, excluding NO2 is 1. The number of fused-ring (bicyclic) bond motifs is 2. The Kier molecular flexibility index (Phi) is 4.70. The van der Waals surface area contributed by atoms with Crippen molar-refractivity contribution in [2.45, 2.75) is 38.5 Å². The SMILES string of the molecule is Cc1cc(N=O)cc2c1OC1(C=C2)N(Cc2ccc(I)cc2)c2ccccc2C1(C)C. The third kappa shape index (κ3) is 3.01. The highest BCUT2D eigenvalue weighted by Gasteiger charge is 2.58. The van der Waals surface area contributed by atoms with Crippen molar-refractivity contribution in [3.63, 3.8) is 0 Å². The summed E-state index contributed by atoms with van der Waals surface area (Å²) in [6, 6.07) is 20.8. The third-order valence-electron chi connectivity index (χ3n) is 6.56. The molecule has 3 aromatic carbocycles. The van der Waals surface area contributed by atoms with E-state index in [4.69, 9.17) is 4.74 Å². The highest BCUT2D eigenvalue weighted by molar-refractivity contribution is 14.1. The molecule has 31 heavy (non-hydrogen) atoms. The van der Waals surface area contributed by atoms with Crippen LogP contribution in [0.15, 0.2) is 71.9 Å². The van der Waals surface area contributed by atoms with Crippen molar-refractivity contribution < 1.29 is 4.74 Å². The van der Waals surface area contributed by atoms with Gasteiger partial charge in [-0.15, -0.1) is 4.91 Å². The number of rotatable bonds is 3. The zero-order valence-electron chi connectivity index (χ0n) is 17.7. The Morgan fingerprint density at radius 2 is 1.81 bits per heavy atom. The van der Waals surface area contributed by atoms with Crippen molar-refractivity contribution in [2.24, 2.45) is 5.18 Å². The van der Waals surface area contributed by atoms with Gasteiger partial charge in [0.15, 0.2) is 0 Å². The van der Waals surface area contributed by atoms with Crippen molar-refractivity contribution in [3.05, 3.63) is 97.5 Å². The number of anilines is 1. The van der Waals surface area contributed by atoms with Gasteiger partial charge in [-0.05, 0) is 108 Å². The van der Waals surface area contributed by atoms with E-state index >= 15 is 0 Å². The fourth-order valence-electron chi connectivity index (χ4n) is 4.89. The standard InChI is InChI=1S/C26H23IN2O2/c1-17-14-21(28-30)15-19-12-13-26(31-24(17)19)25(2,3)22-6-4-5-7-23(22)29(26)16-18-8-10-20(27)11-9-18/h4-15H,16H2,1-3H3. The molecule has 0 N–H and O–H groups in total. The van der Waals surface area contributed by atoms with Crippen LogP contribution in [-0.4, -0.2) is 5.72 Å². The van der Waals surface area contributed by atoms with E-state index < -0.39 is 5.72 Å². The largest absolute Gasteiger partial charge is 0.462 e. The molecule has 5 heteroatoms. The van der Waals surface area contributed by atoms with E-state index in [1.54, 1.807) is 12.1 Å². The number of hydrogen-bond acceptors (Lipinski definition) is 4. The highest BCUT2D eigenvalue weighted by atomic mass is 127. The Labute approximate surface area is 196 Å². The molecule has 0 fully saturated rings. The molecule has 1 unspecified atom stereocenters. The molecular weight excluding hydrogens is 499 g/mol. The van der Waals surface area contributed by atoms with Crippen LogP contribution in [0.2, 0.25) is 0 Å². The summed E-state index contributed by atoms with van der Waals surface area (Å²) in [7, 11) is 0. The molecular formula is C26H23IN2O2. The number of benzene rings is 3. The average molecular weight is 522 g/mol. The number of ether oxygens (including phenoxy) is 1. The lowest BCUT2D eigenvalue weighted by molar-refractivity contribution is 0.0514. The Balaban J connectivity index is 1.67. The first-order valence-electron chi connectivity index (χ1n) is 10.3. The van der Waals surface area contributed by atoms with Crippen LogP contribution < -0.4 is 9.64 Å². The van der Waals surface area contributed by atoms with Gasteiger partial charge >= 0.3 is 0 Å². The Morgan fingerprint density at radius 1 is 1.06 bits per heavy atom. The first-order chi connectivity index (χ1) is 14.9. The van der Waals surface area contributed by atoms with Crippen LogP contribution in [0.25, 0.3) is 6.08 Å². The molecule has 4 nitrogen and oxygen atoms in total. The molecule has 0 saturated carbocycles. The van der Waals surface area contributed by atoms with Crippen LogP contribution in [-0.2, 0) is 12.0 Å². The third-order valence-corrected chi connectivity index (χ3v) is 7.28. The van der Waals surface area contributed by atoms with Crippen molar-refractivity contribution in [1.82, 2.24) is 0 Å². The number of para-hydroxylation sites is 1. The molecule has 1 atom stereocenters. The molecule has 156 valence electrons. The summed E-state index contributed by atoms with van der Waals surface area (Å²) in [4.78, 5) is 13.5. The number of hydrogen-bond donors (Lipinski definition) is 0. The van der Waals surface area contributed by atoms with E-state index in [1.807, 2.05) is 6.92 Å². The van der Waals surface area contributed by atoms with Gasteiger partial charge in [-0.1, -0.05) is 30.3 Å². The zero-order valence-corrected chi connectivity index (χ0v) is 19.9. The molecule has 2 heterocycles. The lowest BCUT2D eigenvalue weighted by Crippen LogP contribution is -2.59. The fraction of sp³-hybridized carbons (Fsp3) is 0.231. The first-order valence-corrected chi connectivity index (χ1v) is 11.4. The van der Waals surface area contributed by atoms with Crippen molar-refractivity contribution >= 4 is 40.0 Å². The van der Waals surface area contributed by atoms with Gasteiger partial charge in [0.1, 0.15) is 11.4 Å². The average Bonchev–Trinajstić information content (AvgIpc) is 2.94. The van der Waals surface area contributed by atoms with Crippen LogP contribution >= 0.6 is 22.6 Å². The second kappa shape index (κ2) is 7.19. The van der Waals surface area contributed by atoms with Crippen LogP contribution in [0.4, 0.5) is 11.4 Å². The van der Waals surface area contributed by atoms with Crippen molar-refractivity contribution in [3.8, 4) is 5.75 Å². The summed E-state index contributed by atoms with van der Waals surface area (Å²) in [5.41, 5.74) is 4.92. The van der Waals surface area contributed by atoms with E-state index in [2.05, 4.69) is 107 Å². The van der Waals surface area contributed by atoms with Crippen molar-refractivity contribution in [1.29, 1.82) is 0 Å². The monoisotopic (exact) mass is 522 g/mol. The molecule has 0 aliphatic carbocycles. The van der Waals surface area contributed by atoms with Crippen LogP contribution in [0.5, 0.6) is 5.75 Å². The van der Waals surface area contributed by atoms with Gasteiger partial charge in [0.25, 0.3) is 0 Å². The van der Waals surface area contributed by atoms with Gasteiger partial charge in [0.2, 0.25) is 5.72 Å².